The summed E-state index contributed by atoms with van der Waals surface area (Å²) >= 11 is 3.73. The molecular formula is C41H44BrN. The van der Waals surface area contributed by atoms with Crippen molar-refractivity contribution in [3.05, 3.63) is 140 Å². The molecule has 1 aromatic carbocycles. The van der Waals surface area contributed by atoms with Gasteiger partial charge in [0.05, 0.1) is 0 Å². The van der Waals surface area contributed by atoms with Gasteiger partial charge >= 0.3 is 0 Å². The van der Waals surface area contributed by atoms with Crippen molar-refractivity contribution in [1.82, 2.24) is 0 Å². The van der Waals surface area contributed by atoms with E-state index in [0.717, 1.165) is 31.4 Å². The molecule has 1 fully saturated rings. The second-order valence-corrected chi connectivity index (χ2v) is 14.6. The quantitative estimate of drug-likeness (QED) is 0.293. The molecule has 43 heavy (non-hydrogen) atoms. The summed E-state index contributed by atoms with van der Waals surface area (Å²) in [5.41, 5.74) is 20.9. The Kier molecular flexibility index (Phi) is 7.63. The van der Waals surface area contributed by atoms with E-state index in [2.05, 4.69) is 148 Å². The molecule has 0 N–H and O–H groups in total. The summed E-state index contributed by atoms with van der Waals surface area (Å²) in [4.78, 5) is 2.58. The van der Waals surface area contributed by atoms with Gasteiger partial charge < -0.3 is 4.90 Å². The van der Waals surface area contributed by atoms with Crippen molar-refractivity contribution in [2.24, 2.45) is 11.3 Å². The summed E-state index contributed by atoms with van der Waals surface area (Å²) in [6.45, 7) is 20.8. The Hall–Kier alpha value is -3.28. The zero-order valence-electron chi connectivity index (χ0n) is 26.9. The minimum Gasteiger partial charge on any atom is -0.339 e. The molecule has 1 nitrogen and oxygen atoms in total. The molecule has 6 rings (SSSR count). The number of hydrogen-bond acceptors (Lipinski definition) is 1. The minimum absolute atomic E-state index is 0.0887. The topological polar surface area (TPSA) is 3.24 Å². The zero-order chi connectivity index (χ0) is 30.7. The van der Waals surface area contributed by atoms with Gasteiger partial charge in [0.2, 0.25) is 0 Å². The number of nitrogens with zero attached hydrogens (tertiary/aromatic N) is 1. The molecule has 0 amide bonds. The normalized spacial score (nSPS) is 26.7. The fourth-order valence-electron chi connectivity index (χ4n) is 8.28. The number of rotatable bonds is 5. The van der Waals surface area contributed by atoms with Crippen LogP contribution in [-0.2, 0) is 5.41 Å². The molecular weight excluding hydrogens is 586 g/mol. The van der Waals surface area contributed by atoms with Crippen LogP contribution in [0.3, 0.4) is 0 Å². The third kappa shape index (κ3) is 4.85. The Labute approximate surface area is 267 Å². The highest BCUT2D eigenvalue weighted by molar-refractivity contribution is 9.11. The molecule has 5 aliphatic carbocycles. The molecule has 2 unspecified atom stereocenters. The van der Waals surface area contributed by atoms with Crippen LogP contribution in [0.25, 0.3) is 5.57 Å². The molecule has 0 heterocycles. The van der Waals surface area contributed by atoms with E-state index >= 15 is 0 Å². The first-order valence-electron chi connectivity index (χ1n) is 15.8. The van der Waals surface area contributed by atoms with Crippen LogP contribution in [0.1, 0.15) is 85.3 Å². The lowest BCUT2D eigenvalue weighted by Gasteiger charge is -2.42. The third-order valence-corrected chi connectivity index (χ3v) is 11.1. The molecule has 0 aromatic heterocycles. The Morgan fingerprint density at radius 3 is 2.60 bits per heavy atom. The van der Waals surface area contributed by atoms with Crippen molar-refractivity contribution in [3.8, 4) is 0 Å². The highest BCUT2D eigenvalue weighted by Crippen LogP contribution is 2.52. The molecule has 5 aliphatic rings. The van der Waals surface area contributed by atoms with E-state index in [0.29, 0.717) is 12.0 Å². The molecule has 0 aliphatic heterocycles. The predicted molar refractivity (Wildman–Crippen MR) is 188 cm³/mol. The number of halogens is 1. The predicted octanol–water partition coefficient (Wildman–Crippen LogP) is 11.5. The number of allylic oxidation sites excluding steroid dienone is 16. The number of benzene rings is 1. The van der Waals surface area contributed by atoms with Crippen molar-refractivity contribution in [3.63, 3.8) is 0 Å². The van der Waals surface area contributed by atoms with E-state index in [9.17, 15) is 0 Å². The van der Waals surface area contributed by atoms with Crippen LogP contribution < -0.4 is 4.90 Å². The largest absolute Gasteiger partial charge is 0.339 e. The third-order valence-electron chi connectivity index (χ3n) is 10.5. The Bertz CT molecular complexity index is 1740. The number of hydrogen-bond donors (Lipinski definition) is 0. The van der Waals surface area contributed by atoms with E-state index in [1.165, 1.54) is 54.7 Å². The van der Waals surface area contributed by atoms with Crippen molar-refractivity contribution in [2.45, 2.75) is 85.6 Å². The van der Waals surface area contributed by atoms with Crippen LogP contribution in [0.2, 0.25) is 0 Å². The highest BCUT2D eigenvalue weighted by Gasteiger charge is 2.40. The van der Waals surface area contributed by atoms with Gasteiger partial charge in [0.15, 0.2) is 0 Å². The fraction of sp³-hybridized carbons (Fsp3) is 0.366. The van der Waals surface area contributed by atoms with Gasteiger partial charge in [-0.1, -0.05) is 97.6 Å². The lowest BCUT2D eigenvalue weighted by molar-refractivity contribution is 0.394. The zero-order valence-corrected chi connectivity index (χ0v) is 28.5. The van der Waals surface area contributed by atoms with Crippen molar-refractivity contribution >= 4 is 27.2 Å². The van der Waals surface area contributed by atoms with Gasteiger partial charge in [0.25, 0.3) is 0 Å². The average molecular weight is 631 g/mol. The van der Waals surface area contributed by atoms with Crippen LogP contribution >= 0.6 is 15.9 Å². The van der Waals surface area contributed by atoms with E-state index in [4.69, 9.17) is 6.58 Å². The van der Waals surface area contributed by atoms with Crippen molar-refractivity contribution in [2.75, 3.05) is 4.90 Å². The summed E-state index contributed by atoms with van der Waals surface area (Å²) in [6.07, 6.45) is 22.6. The lowest BCUT2D eigenvalue weighted by Crippen LogP contribution is -2.39. The molecule has 2 heteroatoms. The maximum atomic E-state index is 4.83. The van der Waals surface area contributed by atoms with Crippen molar-refractivity contribution < 1.29 is 0 Å². The first-order valence-corrected chi connectivity index (χ1v) is 16.6. The Morgan fingerprint density at radius 1 is 1.09 bits per heavy atom. The average Bonchev–Trinajstić information content (AvgIpc) is 3.31. The van der Waals surface area contributed by atoms with Crippen LogP contribution in [0.15, 0.2) is 128 Å². The second-order valence-electron chi connectivity index (χ2n) is 13.7. The van der Waals surface area contributed by atoms with Gasteiger partial charge in [-0.05, 0) is 133 Å². The Morgan fingerprint density at radius 2 is 1.86 bits per heavy atom. The van der Waals surface area contributed by atoms with E-state index < -0.39 is 0 Å². The summed E-state index contributed by atoms with van der Waals surface area (Å²) in [5, 5.41) is 0. The van der Waals surface area contributed by atoms with E-state index in [-0.39, 0.29) is 10.8 Å². The standard InChI is InChI=1S/C41H44BrN/c1-9-13-36-27(4)33(10-2)38(40(36,5)6)22-26(3)43(31-19-17-28-23-30(42)18-16-29(28)24-31)32-20-21-35-34-14-11-12-15-37(34)41(7,8)39(35)25-32/h9-10,13-15,18,20-23,25,29,31H,3,16-17,19,24H2,1-2,4-8H3/b13-9-,33-10-,38-22+. The summed E-state index contributed by atoms with van der Waals surface area (Å²) in [6, 6.07) is 7.50. The maximum Gasteiger partial charge on any atom is 0.0416 e. The van der Waals surface area contributed by atoms with Gasteiger partial charge in [-0.15, -0.1) is 0 Å². The summed E-state index contributed by atoms with van der Waals surface area (Å²) < 4.78 is 1.24. The summed E-state index contributed by atoms with van der Waals surface area (Å²) in [5.74, 6) is 0.587. The first kappa shape index (κ1) is 29.8. The summed E-state index contributed by atoms with van der Waals surface area (Å²) in [7, 11) is 0. The fourth-order valence-corrected chi connectivity index (χ4v) is 8.76. The van der Waals surface area contributed by atoms with Gasteiger partial charge in [-0.2, -0.15) is 0 Å². The van der Waals surface area contributed by atoms with Gasteiger partial charge in [-0.25, -0.2) is 0 Å². The molecule has 0 radical (unpaired) electrons. The molecule has 1 aromatic rings. The molecule has 0 spiro atoms. The van der Waals surface area contributed by atoms with Crippen LogP contribution in [0.5, 0.6) is 0 Å². The molecule has 1 saturated carbocycles. The van der Waals surface area contributed by atoms with E-state index in [1.807, 2.05) is 0 Å². The van der Waals surface area contributed by atoms with Gasteiger partial charge in [-0.3, -0.25) is 0 Å². The first-order chi connectivity index (χ1) is 20.5. The van der Waals surface area contributed by atoms with Crippen LogP contribution in [-0.4, -0.2) is 6.04 Å². The van der Waals surface area contributed by atoms with Crippen LogP contribution in [0, 0.1) is 11.3 Å². The number of fused-ring (bicyclic) bond motifs is 3. The molecule has 0 bridgehead atoms. The van der Waals surface area contributed by atoms with Crippen molar-refractivity contribution in [1.29, 1.82) is 0 Å². The van der Waals surface area contributed by atoms with Gasteiger partial charge in [0, 0.05) is 32.7 Å². The molecule has 0 saturated heterocycles. The highest BCUT2D eigenvalue weighted by atomic mass is 79.9. The molecule has 2 atom stereocenters. The minimum atomic E-state index is -0.0927. The van der Waals surface area contributed by atoms with E-state index in [1.54, 1.807) is 5.57 Å². The van der Waals surface area contributed by atoms with Gasteiger partial charge in [0.1, 0.15) is 0 Å². The maximum absolute atomic E-state index is 4.83. The Balaban J connectivity index is 1.44. The number of anilines is 1. The van der Waals surface area contributed by atoms with Crippen LogP contribution in [0.4, 0.5) is 5.69 Å². The molecule has 220 valence electrons. The second kappa shape index (κ2) is 11.0. The lowest BCUT2D eigenvalue weighted by atomic mass is 9.76. The monoisotopic (exact) mass is 629 g/mol. The smallest absolute Gasteiger partial charge is 0.0416 e. The SMILES string of the molecule is C=C(/C=C1\C(=C/C)C(C)=C(/C=C\C)C1(C)C)N(c1ccc2c(c1)C(C)(C)C1=C2C=C=C=C1)C1CCC2=CC(Br)=CCC2C1.